The normalized spacial score (nSPS) is 16.2. The summed E-state index contributed by atoms with van der Waals surface area (Å²) in [6.07, 6.45) is 3.37. The minimum atomic E-state index is -3.78. The van der Waals surface area contributed by atoms with Gasteiger partial charge >= 0.3 is 0 Å². The average molecular weight is 306 g/mol. The van der Waals surface area contributed by atoms with Crippen molar-refractivity contribution in [3.05, 3.63) is 42.0 Å². The quantitative estimate of drug-likeness (QED) is 0.838. The lowest BCUT2D eigenvalue weighted by Crippen LogP contribution is -2.33. The summed E-state index contributed by atoms with van der Waals surface area (Å²) >= 11 is 0. The Morgan fingerprint density at radius 2 is 2.05 bits per heavy atom. The number of carbonyl (C=O) groups is 1. The number of amides is 1. The van der Waals surface area contributed by atoms with Crippen LogP contribution in [0.25, 0.3) is 0 Å². The molecule has 0 atom stereocenters. The number of hydrogen-bond donors (Lipinski definition) is 1. The van der Waals surface area contributed by atoms with Crippen LogP contribution in [0.4, 0.5) is 5.69 Å². The van der Waals surface area contributed by atoms with Gasteiger partial charge in [-0.3, -0.25) is 4.79 Å². The molecular weight excluding hydrogens is 292 g/mol. The molecule has 110 valence electrons. The summed E-state index contributed by atoms with van der Waals surface area (Å²) < 4.78 is 27.5. The van der Waals surface area contributed by atoms with Gasteiger partial charge in [0.2, 0.25) is 0 Å². The molecule has 0 spiro atoms. The second kappa shape index (κ2) is 4.59. The molecule has 0 unspecified atom stereocenters. The monoisotopic (exact) mass is 306 g/mol. The standard InChI is InChI=1S/C13H14N4O3S/c1-9-15-4-5-16(9)6-7-17-13(18)11-8-10(14)2-3-12(11)21(17,19)20/h2-5,8H,6-7,14H2,1H3. The van der Waals surface area contributed by atoms with Gasteiger partial charge in [0.15, 0.2) is 0 Å². The summed E-state index contributed by atoms with van der Waals surface area (Å²) in [6, 6.07) is 4.26. The first-order valence-electron chi connectivity index (χ1n) is 6.35. The molecule has 7 nitrogen and oxygen atoms in total. The number of aromatic nitrogens is 2. The molecule has 0 saturated carbocycles. The minimum absolute atomic E-state index is 0.0176. The Kier molecular flexibility index (Phi) is 2.98. The highest BCUT2D eigenvalue weighted by Gasteiger charge is 2.40. The van der Waals surface area contributed by atoms with Gasteiger partial charge in [-0.25, -0.2) is 17.7 Å². The Bertz CT molecular complexity index is 826. The van der Waals surface area contributed by atoms with Crippen molar-refractivity contribution < 1.29 is 13.2 Å². The highest BCUT2D eigenvalue weighted by Crippen LogP contribution is 2.31. The van der Waals surface area contributed by atoms with E-state index in [1.807, 2.05) is 6.92 Å². The number of nitrogen functional groups attached to an aromatic ring is 1. The zero-order valence-corrected chi connectivity index (χ0v) is 12.2. The van der Waals surface area contributed by atoms with E-state index in [2.05, 4.69) is 4.98 Å². The van der Waals surface area contributed by atoms with Crippen molar-refractivity contribution in [3.63, 3.8) is 0 Å². The number of nitrogens with two attached hydrogens (primary N) is 1. The molecule has 0 fully saturated rings. The molecule has 0 aliphatic carbocycles. The topological polar surface area (TPSA) is 98.3 Å². The molecule has 1 aliphatic rings. The molecule has 0 saturated heterocycles. The third-order valence-electron chi connectivity index (χ3n) is 3.50. The van der Waals surface area contributed by atoms with Crippen LogP contribution in [0.15, 0.2) is 35.5 Å². The molecular formula is C13H14N4O3S. The zero-order chi connectivity index (χ0) is 15.2. The highest BCUT2D eigenvalue weighted by atomic mass is 32.2. The van der Waals surface area contributed by atoms with Crippen molar-refractivity contribution in [3.8, 4) is 0 Å². The van der Waals surface area contributed by atoms with Crippen LogP contribution in [0.2, 0.25) is 0 Å². The Hall–Kier alpha value is -2.35. The molecule has 8 heteroatoms. The Balaban J connectivity index is 1.91. The van der Waals surface area contributed by atoms with Crippen LogP contribution in [-0.2, 0) is 16.6 Å². The van der Waals surface area contributed by atoms with Crippen LogP contribution >= 0.6 is 0 Å². The molecule has 1 aliphatic heterocycles. The van der Waals surface area contributed by atoms with Crippen molar-refractivity contribution in [2.24, 2.45) is 0 Å². The predicted molar refractivity (Wildman–Crippen MR) is 76.0 cm³/mol. The van der Waals surface area contributed by atoms with E-state index in [1.165, 1.54) is 18.2 Å². The summed E-state index contributed by atoms with van der Waals surface area (Å²) in [7, 11) is -3.78. The summed E-state index contributed by atoms with van der Waals surface area (Å²) in [4.78, 5) is 16.4. The van der Waals surface area contributed by atoms with Crippen LogP contribution in [0.5, 0.6) is 0 Å². The largest absolute Gasteiger partial charge is 0.399 e. The lowest BCUT2D eigenvalue weighted by Gasteiger charge is -2.15. The molecule has 0 radical (unpaired) electrons. The Morgan fingerprint density at radius 3 is 2.71 bits per heavy atom. The lowest BCUT2D eigenvalue weighted by atomic mass is 10.2. The number of imidazole rings is 1. The van der Waals surface area contributed by atoms with Gasteiger partial charge in [-0.15, -0.1) is 0 Å². The molecule has 21 heavy (non-hydrogen) atoms. The van der Waals surface area contributed by atoms with Gasteiger partial charge in [0, 0.05) is 24.6 Å². The lowest BCUT2D eigenvalue weighted by molar-refractivity contribution is 0.0868. The first kappa shape index (κ1) is 13.6. The van der Waals surface area contributed by atoms with E-state index >= 15 is 0 Å². The third-order valence-corrected chi connectivity index (χ3v) is 5.34. The van der Waals surface area contributed by atoms with Crippen molar-refractivity contribution >= 4 is 21.6 Å². The molecule has 2 aromatic rings. The number of fused-ring (bicyclic) bond motifs is 1. The maximum atomic E-state index is 12.4. The third kappa shape index (κ3) is 2.07. The van der Waals surface area contributed by atoms with Gasteiger partial charge in [-0.05, 0) is 25.1 Å². The minimum Gasteiger partial charge on any atom is -0.399 e. The average Bonchev–Trinajstić information content (AvgIpc) is 2.90. The Morgan fingerprint density at radius 1 is 1.29 bits per heavy atom. The van der Waals surface area contributed by atoms with Crippen LogP contribution in [0, 0.1) is 6.92 Å². The SMILES string of the molecule is Cc1nccn1CCN1C(=O)c2cc(N)ccc2S1(=O)=O. The molecule has 2 N–H and O–H groups in total. The number of anilines is 1. The van der Waals surface area contributed by atoms with Crippen LogP contribution in [-0.4, -0.2) is 34.7 Å². The number of benzene rings is 1. The number of rotatable bonds is 3. The summed E-state index contributed by atoms with van der Waals surface area (Å²) in [5.74, 6) is 0.232. The van der Waals surface area contributed by atoms with Gasteiger partial charge in [0.1, 0.15) is 10.7 Å². The maximum absolute atomic E-state index is 12.4. The van der Waals surface area contributed by atoms with E-state index in [-0.39, 0.29) is 17.0 Å². The molecule has 0 bridgehead atoms. The number of sulfonamides is 1. The number of hydrogen-bond acceptors (Lipinski definition) is 5. The summed E-state index contributed by atoms with van der Waals surface area (Å²) in [6.45, 7) is 2.24. The molecule has 3 rings (SSSR count). The van der Waals surface area contributed by atoms with Crippen molar-refractivity contribution in [2.45, 2.75) is 18.4 Å². The van der Waals surface area contributed by atoms with E-state index < -0.39 is 15.9 Å². The first-order valence-corrected chi connectivity index (χ1v) is 7.79. The Labute approximate surface area is 122 Å². The smallest absolute Gasteiger partial charge is 0.269 e. The van der Waals surface area contributed by atoms with Crippen molar-refractivity contribution in [2.75, 3.05) is 12.3 Å². The molecule has 1 amide bonds. The number of aryl methyl sites for hydroxylation is 1. The second-order valence-corrected chi connectivity index (χ2v) is 6.64. The second-order valence-electron chi connectivity index (χ2n) is 4.81. The number of carbonyl (C=O) groups excluding carboxylic acids is 1. The van der Waals surface area contributed by atoms with Gasteiger partial charge in [-0.1, -0.05) is 0 Å². The van der Waals surface area contributed by atoms with Gasteiger partial charge in [0.25, 0.3) is 15.9 Å². The van der Waals surface area contributed by atoms with Crippen molar-refractivity contribution in [1.82, 2.24) is 13.9 Å². The van der Waals surface area contributed by atoms with E-state index in [0.29, 0.717) is 12.2 Å². The van der Waals surface area contributed by atoms with Crippen molar-refractivity contribution in [1.29, 1.82) is 0 Å². The fourth-order valence-electron chi connectivity index (χ4n) is 2.36. The molecule has 1 aromatic carbocycles. The van der Waals surface area contributed by atoms with Crippen LogP contribution in [0.3, 0.4) is 0 Å². The fourth-order valence-corrected chi connectivity index (χ4v) is 3.90. The van der Waals surface area contributed by atoms with Gasteiger partial charge in [-0.2, -0.15) is 0 Å². The molecule has 2 heterocycles. The van der Waals surface area contributed by atoms with Crippen LogP contribution < -0.4 is 5.73 Å². The van der Waals surface area contributed by atoms with E-state index in [0.717, 1.165) is 10.1 Å². The predicted octanol–water partition coefficient (Wildman–Crippen LogP) is 0.618. The maximum Gasteiger partial charge on any atom is 0.269 e. The van der Waals surface area contributed by atoms with E-state index in [9.17, 15) is 13.2 Å². The van der Waals surface area contributed by atoms with Crippen LogP contribution in [0.1, 0.15) is 16.2 Å². The fraction of sp³-hybridized carbons (Fsp3) is 0.231. The first-order chi connectivity index (χ1) is 9.91. The van der Waals surface area contributed by atoms with E-state index in [4.69, 9.17) is 5.73 Å². The van der Waals surface area contributed by atoms with Gasteiger partial charge in [0.05, 0.1) is 12.1 Å². The summed E-state index contributed by atoms with van der Waals surface area (Å²) in [5.41, 5.74) is 6.12. The van der Waals surface area contributed by atoms with Gasteiger partial charge < -0.3 is 10.3 Å². The summed E-state index contributed by atoms with van der Waals surface area (Å²) in [5, 5.41) is 0. The van der Waals surface area contributed by atoms with E-state index in [1.54, 1.807) is 17.0 Å². The number of nitrogens with zero attached hydrogens (tertiary/aromatic N) is 3. The molecule has 1 aromatic heterocycles. The zero-order valence-electron chi connectivity index (χ0n) is 11.4. The highest BCUT2D eigenvalue weighted by molar-refractivity contribution is 7.90.